The monoisotopic (exact) mass is 229 g/mol. The highest BCUT2D eigenvalue weighted by atomic mass is 15.1. The minimum Gasteiger partial charge on any atom is -0.382 e. The second-order valence-corrected chi connectivity index (χ2v) is 5.25. The van der Waals surface area contributed by atoms with Gasteiger partial charge in [-0.3, -0.25) is 5.10 Å². The molecule has 0 aliphatic heterocycles. The van der Waals surface area contributed by atoms with Gasteiger partial charge < -0.3 is 5.32 Å². The Hall–Kier alpha value is -1.51. The first-order valence-corrected chi connectivity index (χ1v) is 6.51. The zero-order valence-corrected chi connectivity index (χ0v) is 10.2. The number of benzene rings is 1. The molecule has 3 nitrogen and oxygen atoms in total. The summed E-state index contributed by atoms with van der Waals surface area (Å²) < 4.78 is 0. The molecule has 0 bridgehead atoms. The predicted molar refractivity (Wildman–Crippen MR) is 71.1 cm³/mol. The van der Waals surface area contributed by atoms with Gasteiger partial charge in [0.05, 0.1) is 11.7 Å². The summed E-state index contributed by atoms with van der Waals surface area (Å²) in [5, 5.41) is 12.0. The third-order valence-electron chi connectivity index (χ3n) is 3.78. The summed E-state index contributed by atoms with van der Waals surface area (Å²) in [7, 11) is 0. The van der Waals surface area contributed by atoms with Crippen molar-refractivity contribution in [2.75, 3.05) is 5.32 Å². The van der Waals surface area contributed by atoms with Gasteiger partial charge in [-0.05, 0) is 30.9 Å². The Kier molecular flexibility index (Phi) is 2.75. The van der Waals surface area contributed by atoms with Crippen molar-refractivity contribution in [3.8, 4) is 0 Å². The van der Waals surface area contributed by atoms with Gasteiger partial charge >= 0.3 is 0 Å². The highest BCUT2D eigenvalue weighted by Gasteiger charge is 2.19. The number of rotatable bonds is 2. The normalized spacial score (nSPS) is 25.0. The van der Waals surface area contributed by atoms with E-state index in [2.05, 4.69) is 40.6 Å². The van der Waals surface area contributed by atoms with Crippen LogP contribution in [0.1, 0.15) is 32.6 Å². The molecule has 1 saturated carbocycles. The molecule has 0 radical (unpaired) electrons. The number of H-pyrrole nitrogens is 1. The Bertz CT molecular complexity index is 503. The van der Waals surface area contributed by atoms with Crippen LogP contribution >= 0.6 is 0 Å². The van der Waals surface area contributed by atoms with Crippen molar-refractivity contribution >= 4 is 16.6 Å². The Balaban J connectivity index is 1.82. The second-order valence-electron chi connectivity index (χ2n) is 5.25. The van der Waals surface area contributed by atoms with Gasteiger partial charge in [-0.2, -0.15) is 5.10 Å². The molecule has 0 saturated heterocycles. The zero-order chi connectivity index (χ0) is 11.7. The smallest absolute Gasteiger partial charge is 0.0671 e. The third kappa shape index (κ3) is 2.14. The number of fused-ring (bicyclic) bond motifs is 1. The van der Waals surface area contributed by atoms with Gasteiger partial charge in [-0.25, -0.2) is 0 Å². The van der Waals surface area contributed by atoms with Crippen molar-refractivity contribution in [2.45, 2.75) is 38.6 Å². The molecule has 0 spiro atoms. The second kappa shape index (κ2) is 4.40. The van der Waals surface area contributed by atoms with E-state index in [-0.39, 0.29) is 0 Å². The fourth-order valence-electron chi connectivity index (χ4n) is 2.88. The minimum absolute atomic E-state index is 0.624. The summed E-state index contributed by atoms with van der Waals surface area (Å²) in [5.74, 6) is 0.852. The molecule has 2 unspecified atom stereocenters. The Morgan fingerprint density at radius 2 is 2.29 bits per heavy atom. The summed E-state index contributed by atoms with van der Waals surface area (Å²) in [5.41, 5.74) is 2.33. The lowest BCUT2D eigenvalue weighted by Gasteiger charge is -2.28. The average molecular weight is 229 g/mol. The topological polar surface area (TPSA) is 40.7 Å². The van der Waals surface area contributed by atoms with Crippen LogP contribution in [0.2, 0.25) is 0 Å². The van der Waals surface area contributed by atoms with Crippen LogP contribution in [0.3, 0.4) is 0 Å². The van der Waals surface area contributed by atoms with Crippen LogP contribution < -0.4 is 5.32 Å². The number of hydrogen-bond acceptors (Lipinski definition) is 2. The fraction of sp³-hybridized carbons (Fsp3) is 0.500. The van der Waals surface area contributed by atoms with Crippen LogP contribution in [0.5, 0.6) is 0 Å². The number of hydrogen-bond donors (Lipinski definition) is 2. The molecule has 1 aromatic carbocycles. The van der Waals surface area contributed by atoms with Crippen molar-refractivity contribution in [1.82, 2.24) is 10.2 Å². The van der Waals surface area contributed by atoms with Crippen LogP contribution in [0.15, 0.2) is 24.4 Å². The molecule has 90 valence electrons. The van der Waals surface area contributed by atoms with E-state index in [0.29, 0.717) is 6.04 Å². The minimum atomic E-state index is 0.624. The molecule has 2 aromatic rings. The standard InChI is InChI=1S/C14H19N3/c1-10-4-2-5-11(8-10)16-13-6-3-7-14-12(13)9-15-17-14/h3,6-7,9-11,16H,2,4-5,8H2,1H3,(H,15,17). The molecule has 3 rings (SSSR count). The zero-order valence-electron chi connectivity index (χ0n) is 10.2. The number of aromatic nitrogens is 2. The average Bonchev–Trinajstić information content (AvgIpc) is 2.78. The lowest BCUT2D eigenvalue weighted by atomic mass is 9.87. The largest absolute Gasteiger partial charge is 0.382 e. The number of nitrogens with one attached hydrogen (secondary N) is 2. The van der Waals surface area contributed by atoms with Crippen LogP contribution in [-0.4, -0.2) is 16.2 Å². The fourth-order valence-corrected chi connectivity index (χ4v) is 2.88. The van der Waals surface area contributed by atoms with E-state index in [9.17, 15) is 0 Å². The number of aromatic amines is 1. The number of anilines is 1. The van der Waals surface area contributed by atoms with Crippen molar-refractivity contribution in [3.63, 3.8) is 0 Å². The van der Waals surface area contributed by atoms with Crippen molar-refractivity contribution in [1.29, 1.82) is 0 Å². The molecule has 2 N–H and O–H groups in total. The Labute approximate surface area is 102 Å². The first kappa shape index (κ1) is 10.6. The van der Waals surface area contributed by atoms with E-state index >= 15 is 0 Å². The van der Waals surface area contributed by atoms with Gasteiger partial charge in [0.25, 0.3) is 0 Å². The molecule has 17 heavy (non-hydrogen) atoms. The highest BCUT2D eigenvalue weighted by Crippen LogP contribution is 2.28. The summed E-state index contributed by atoms with van der Waals surface area (Å²) in [6.45, 7) is 2.35. The maximum atomic E-state index is 4.10. The molecule has 2 atom stereocenters. The highest BCUT2D eigenvalue weighted by molar-refractivity contribution is 5.90. The van der Waals surface area contributed by atoms with Gasteiger partial charge in [0.2, 0.25) is 0 Å². The maximum Gasteiger partial charge on any atom is 0.0671 e. The number of nitrogens with zero attached hydrogens (tertiary/aromatic N) is 1. The summed E-state index contributed by atoms with van der Waals surface area (Å²) in [6.07, 6.45) is 7.21. The third-order valence-corrected chi connectivity index (χ3v) is 3.78. The van der Waals surface area contributed by atoms with E-state index in [4.69, 9.17) is 0 Å². The van der Waals surface area contributed by atoms with Crippen LogP contribution in [-0.2, 0) is 0 Å². The van der Waals surface area contributed by atoms with Crippen molar-refractivity contribution in [3.05, 3.63) is 24.4 Å². The molecule has 1 heterocycles. The summed E-state index contributed by atoms with van der Waals surface area (Å²) >= 11 is 0. The molecule has 3 heteroatoms. The van der Waals surface area contributed by atoms with E-state index in [1.165, 1.54) is 36.8 Å². The first-order chi connectivity index (χ1) is 8.33. The summed E-state index contributed by atoms with van der Waals surface area (Å²) in [4.78, 5) is 0. The van der Waals surface area contributed by atoms with E-state index in [0.717, 1.165) is 11.4 Å². The van der Waals surface area contributed by atoms with Crippen LogP contribution in [0, 0.1) is 5.92 Å². The molecule has 1 aliphatic carbocycles. The van der Waals surface area contributed by atoms with Crippen molar-refractivity contribution < 1.29 is 0 Å². The van der Waals surface area contributed by atoms with Gasteiger partial charge in [-0.1, -0.05) is 25.8 Å². The van der Waals surface area contributed by atoms with Crippen LogP contribution in [0.4, 0.5) is 5.69 Å². The van der Waals surface area contributed by atoms with E-state index in [1.807, 2.05) is 6.20 Å². The lowest BCUT2D eigenvalue weighted by Crippen LogP contribution is -2.26. The molecule has 1 fully saturated rings. The molecule has 1 aromatic heterocycles. The van der Waals surface area contributed by atoms with Crippen molar-refractivity contribution in [2.24, 2.45) is 5.92 Å². The maximum absolute atomic E-state index is 4.10. The lowest BCUT2D eigenvalue weighted by molar-refractivity contribution is 0.359. The SMILES string of the molecule is CC1CCCC(Nc2cccc3[nH]ncc23)C1. The van der Waals surface area contributed by atoms with Crippen LogP contribution in [0.25, 0.3) is 10.9 Å². The molecular formula is C14H19N3. The van der Waals surface area contributed by atoms with E-state index < -0.39 is 0 Å². The van der Waals surface area contributed by atoms with Gasteiger partial charge in [0, 0.05) is 17.1 Å². The Morgan fingerprint density at radius 3 is 3.18 bits per heavy atom. The quantitative estimate of drug-likeness (QED) is 0.826. The summed E-state index contributed by atoms with van der Waals surface area (Å²) in [6, 6.07) is 6.92. The molecule has 0 amide bonds. The van der Waals surface area contributed by atoms with E-state index in [1.54, 1.807) is 0 Å². The molecular weight excluding hydrogens is 210 g/mol. The molecule has 1 aliphatic rings. The Morgan fingerprint density at radius 1 is 1.35 bits per heavy atom. The first-order valence-electron chi connectivity index (χ1n) is 6.51. The predicted octanol–water partition coefficient (Wildman–Crippen LogP) is 3.55. The van der Waals surface area contributed by atoms with Gasteiger partial charge in [0.1, 0.15) is 0 Å². The van der Waals surface area contributed by atoms with Gasteiger partial charge in [0.15, 0.2) is 0 Å². The van der Waals surface area contributed by atoms with Gasteiger partial charge in [-0.15, -0.1) is 0 Å².